The van der Waals surface area contributed by atoms with Gasteiger partial charge in [0.1, 0.15) is 5.69 Å². The summed E-state index contributed by atoms with van der Waals surface area (Å²) in [4.78, 5) is 4.00. The van der Waals surface area contributed by atoms with Crippen LogP contribution in [0.25, 0.3) is 5.69 Å². The Balaban J connectivity index is 2.50. The summed E-state index contributed by atoms with van der Waals surface area (Å²) < 4.78 is 2.61. The van der Waals surface area contributed by atoms with Crippen molar-refractivity contribution in [2.24, 2.45) is 0 Å². The van der Waals surface area contributed by atoms with Gasteiger partial charge in [-0.3, -0.25) is 4.98 Å². The molecule has 16 heavy (non-hydrogen) atoms. The highest BCUT2D eigenvalue weighted by atomic mass is 79.9. The van der Waals surface area contributed by atoms with Gasteiger partial charge in [-0.1, -0.05) is 13.8 Å². The van der Waals surface area contributed by atoms with Crippen LogP contribution < -0.4 is 5.73 Å². The summed E-state index contributed by atoms with van der Waals surface area (Å²) in [5.41, 5.74) is 8.37. The highest BCUT2D eigenvalue weighted by molar-refractivity contribution is 9.10. The van der Waals surface area contributed by atoms with Gasteiger partial charge < -0.3 is 5.73 Å². The molecule has 0 saturated carbocycles. The van der Waals surface area contributed by atoms with Gasteiger partial charge in [0.25, 0.3) is 0 Å². The van der Waals surface area contributed by atoms with E-state index >= 15 is 0 Å². The molecule has 2 aromatic heterocycles. The molecule has 0 bridgehead atoms. The van der Waals surface area contributed by atoms with Crippen molar-refractivity contribution in [3.8, 4) is 5.69 Å². The number of halogens is 1. The van der Waals surface area contributed by atoms with Crippen LogP contribution in [0.15, 0.2) is 29.1 Å². The minimum atomic E-state index is 0.406. The van der Waals surface area contributed by atoms with E-state index in [0.29, 0.717) is 11.6 Å². The predicted octanol–water partition coefficient (Wildman–Crippen LogP) is 2.74. The number of anilines is 1. The van der Waals surface area contributed by atoms with Gasteiger partial charge in [-0.15, -0.1) is 0 Å². The van der Waals surface area contributed by atoms with Gasteiger partial charge in [0.05, 0.1) is 22.1 Å². The first-order valence-electron chi connectivity index (χ1n) is 5.04. The number of hydrogen-bond acceptors (Lipinski definition) is 3. The molecule has 4 nitrogen and oxygen atoms in total. The van der Waals surface area contributed by atoms with E-state index in [4.69, 9.17) is 5.73 Å². The zero-order chi connectivity index (χ0) is 11.7. The maximum Gasteiger partial charge on any atom is 0.105 e. The third-order valence-corrected chi connectivity index (χ3v) is 2.91. The predicted molar refractivity (Wildman–Crippen MR) is 67.6 cm³/mol. The number of pyridine rings is 1. The molecule has 5 heteroatoms. The Morgan fingerprint density at radius 1 is 1.38 bits per heavy atom. The third kappa shape index (κ3) is 1.95. The summed E-state index contributed by atoms with van der Waals surface area (Å²) in [6, 6.07) is 2.00. The summed E-state index contributed by atoms with van der Waals surface area (Å²) in [5.74, 6) is 0.406. The molecule has 2 rings (SSSR count). The molecular weight excluding hydrogens is 268 g/mol. The molecule has 2 N–H and O–H groups in total. The van der Waals surface area contributed by atoms with Crippen LogP contribution in [-0.4, -0.2) is 14.8 Å². The first-order valence-corrected chi connectivity index (χ1v) is 5.84. The Morgan fingerprint density at radius 2 is 2.12 bits per heavy atom. The van der Waals surface area contributed by atoms with E-state index in [-0.39, 0.29) is 0 Å². The molecule has 0 atom stereocenters. The normalized spacial score (nSPS) is 11.0. The Morgan fingerprint density at radius 3 is 2.69 bits per heavy atom. The second-order valence-electron chi connectivity index (χ2n) is 3.90. The Hall–Kier alpha value is -1.36. The van der Waals surface area contributed by atoms with Crippen molar-refractivity contribution in [1.29, 1.82) is 0 Å². The molecule has 84 valence electrons. The smallest absolute Gasteiger partial charge is 0.105 e. The number of hydrogen-bond donors (Lipinski definition) is 1. The highest BCUT2D eigenvalue weighted by Gasteiger charge is 2.10. The lowest BCUT2D eigenvalue weighted by Gasteiger charge is -2.07. The monoisotopic (exact) mass is 280 g/mol. The average Bonchev–Trinajstić information content (AvgIpc) is 2.66. The Labute approximate surface area is 103 Å². The van der Waals surface area contributed by atoms with Gasteiger partial charge in [-0.2, -0.15) is 5.10 Å². The molecule has 2 aromatic rings. The number of aromatic nitrogens is 3. The number of rotatable bonds is 2. The largest absolute Gasteiger partial charge is 0.396 e. The van der Waals surface area contributed by atoms with E-state index in [2.05, 4.69) is 39.9 Å². The van der Waals surface area contributed by atoms with Crippen LogP contribution >= 0.6 is 15.9 Å². The van der Waals surface area contributed by atoms with Crippen molar-refractivity contribution in [3.63, 3.8) is 0 Å². The molecule has 0 radical (unpaired) electrons. The van der Waals surface area contributed by atoms with Crippen LogP contribution in [0.3, 0.4) is 0 Å². The Bertz CT molecular complexity index is 484. The van der Waals surface area contributed by atoms with Crippen LogP contribution in [0.4, 0.5) is 5.69 Å². The lowest BCUT2D eigenvalue weighted by Crippen LogP contribution is -2.03. The summed E-state index contributed by atoms with van der Waals surface area (Å²) >= 11 is 3.43. The standard InChI is InChI=1S/C11H13BrN4/c1-7(2)10-3-4-16(15-10)11-8(12)5-14-6-9(11)13/h3-7H,13H2,1-2H3. The lowest BCUT2D eigenvalue weighted by molar-refractivity contribution is 0.767. The molecule has 0 saturated heterocycles. The van der Waals surface area contributed by atoms with Crippen molar-refractivity contribution in [1.82, 2.24) is 14.8 Å². The summed E-state index contributed by atoms with van der Waals surface area (Å²) in [6.07, 6.45) is 5.24. The molecule has 2 heterocycles. The van der Waals surface area contributed by atoms with Crippen LogP contribution in [0.5, 0.6) is 0 Å². The molecule has 0 unspecified atom stereocenters. The molecule has 0 fully saturated rings. The minimum Gasteiger partial charge on any atom is -0.396 e. The van der Waals surface area contributed by atoms with Gasteiger partial charge in [-0.05, 0) is 27.9 Å². The van der Waals surface area contributed by atoms with Crippen molar-refractivity contribution >= 4 is 21.6 Å². The minimum absolute atomic E-state index is 0.406. The van der Waals surface area contributed by atoms with Crippen LogP contribution in [0.2, 0.25) is 0 Å². The van der Waals surface area contributed by atoms with Crippen molar-refractivity contribution in [2.45, 2.75) is 19.8 Å². The van der Waals surface area contributed by atoms with E-state index in [9.17, 15) is 0 Å². The second-order valence-corrected chi connectivity index (χ2v) is 4.75. The fourth-order valence-electron chi connectivity index (χ4n) is 1.46. The molecule has 0 amide bonds. The van der Waals surface area contributed by atoms with Crippen molar-refractivity contribution in [2.75, 3.05) is 5.73 Å². The first-order chi connectivity index (χ1) is 7.59. The summed E-state index contributed by atoms with van der Waals surface area (Å²) in [5, 5.41) is 4.48. The fraction of sp³-hybridized carbons (Fsp3) is 0.273. The fourth-order valence-corrected chi connectivity index (χ4v) is 1.98. The number of nitrogen functional groups attached to an aromatic ring is 1. The quantitative estimate of drug-likeness (QED) is 0.920. The zero-order valence-corrected chi connectivity index (χ0v) is 10.8. The van der Waals surface area contributed by atoms with Crippen molar-refractivity contribution in [3.05, 3.63) is 34.8 Å². The van der Waals surface area contributed by atoms with Gasteiger partial charge in [0.2, 0.25) is 0 Å². The molecular formula is C11H13BrN4. The van der Waals surface area contributed by atoms with E-state index in [1.54, 1.807) is 17.1 Å². The second kappa shape index (κ2) is 4.25. The SMILES string of the molecule is CC(C)c1ccn(-c2c(N)cncc2Br)n1. The van der Waals surface area contributed by atoms with E-state index in [0.717, 1.165) is 15.9 Å². The van der Waals surface area contributed by atoms with E-state index in [1.807, 2.05) is 12.3 Å². The highest BCUT2D eigenvalue weighted by Crippen LogP contribution is 2.25. The van der Waals surface area contributed by atoms with Crippen LogP contribution in [0.1, 0.15) is 25.5 Å². The molecule has 0 aliphatic heterocycles. The van der Waals surface area contributed by atoms with Gasteiger partial charge in [0.15, 0.2) is 0 Å². The molecule has 0 aromatic carbocycles. The van der Waals surface area contributed by atoms with Crippen LogP contribution in [-0.2, 0) is 0 Å². The van der Waals surface area contributed by atoms with Crippen molar-refractivity contribution < 1.29 is 0 Å². The van der Waals surface area contributed by atoms with Gasteiger partial charge >= 0.3 is 0 Å². The third-order valence-electron chi connectivity index (χ3n) is 2.33. The van der Waals surface area contributed by atoms with E-state index in [1.165, 1.54) is 0 Å². The van der Waals surface area contributed by atoms with Gasteiger partial charge in [-0.25, -0.2) is 4.68 Å². The maximum absolute atomic E-state index is 5.89. The summed E-state index contributed by atoms with van der Waals surface area (Å²) in [7, 11) is 0. The average molecular weight is 281 g/mol. The zero-order valence-electron chi connectivity index (χ0n) is 9.18. The molecule has 0 aliphatic rings. The van der Waals surface area contributed by atoms with E-state index < -0.39 is 0 Å². The maximum atomic E-state index is 5.89. The summed E-state index contributed by atoms with van der Waals surface area (Å²) in [6.45, 7) is 4.22. The molecule has 0 spiro atoms. The van der Waals surface area contributed by atoms with Gasteiger partial charge in [0, 0.05) is 12.4 Å². The lowest BCUT2D eigenvalue weighted by atomic mass is 10.1. The number of nitrogens with two attached hydrogens (primary N) is 1. The topological polar surface area (TPSA) is 56.7 Å². The Kier molecular flexibility index (Phi) is 2.96. The first kappa shape index (κ1) is 11.1. The number of nitrogens with zero attached hydrogens (tertiary/aromatic N) is 3. The molecule has 0 aliphatic carbocycles. The van der Waals surface area contributed by atoms with Crippen LogP contribution in [0, 0.1) is 0 Å².